The summed E-state index contributed by atoms with van der Waals surface area (Å²) < 4.78 is 1.78. The molecule has 0 fully saturated rings. The van der Waals surface area contributed by atoms with E-state index in [4.69, 9.17) is 11.6 Å². The summed E-state index contributed by atoms with van der Waals surface area (Å²) in [4.78, 5) is 26.3. The predicted molar refractivity (Wildman–Crippen MR) is 117 cm³/mol. The van der Waals surface area contributed by atoms with E-state index in [1.807, 2.05) is 12.1 Å². The van der Waals surface area contributed by atoms with Crippen molar-refractivity contribution < 1.29 is 9.59 Å². The first-order chi connectivity index (χ1) is 13.9. The van der Waals surface area contributed by atoms with Crippen molar-refractivity contribution in [1.29, 1.82) is 0 Å². The molecule has 1 heterocycles. The normalized spacial score (nSPS) is 10.6. The smallest absolute Gasteiger partial charge is 0.285 e. The largest absolute Gasteiger partial charge is 0.339 e. The van der Waals surface area contributed by atoms with Crippen LogP contribution >= 0.6 is 35.1 Å². The highest BCUT2D eigenvalue weighted by Gasteiger charge is 2.11. The van der Waals surface area contributed by atoms with Gasteiger partial charge in [-0.3, -0.25) is 14.2 Å². The number of carbonyl (C=O) groups excluding carboxylic acids is 2. The number of anilines is 1. The molecule has 1 N–H and O–H groups in total. The maximum Gasteiger partial charge on any atom is 0.285 e. The number of rotatable bonds is 6. The molecule has 7 nitrogen and oxygen atoms in total. The fourth-order valence-electron chi connectivity index (χ4n) is 2.25. The van der Waals surface area contributed by atoms with Crippen LogP contribution < -0.4 is 5.32 Å². The standard InChI is InChI=1S/C19H18ClN5O2S2/c1-24(2)19(27)29-16-8-6-14(7-9-16)22-17(26)11-28-18-23-21-12-25(18)15-5-3-4-13(20)10-15/h3-10,12H,11H2,1-2H3,(H,22,26). The van der Waals surface area contributed by atoms with Crippen LogP contribution in [0.1, 0.15) is 0 Å². The Morgan fingerprint density at radius 1 is 1.17 bits per heavy atom. The lowest BCUT2D eigenvalue weighted by Crippen LogP contribution is -2.16. The maximum absolute atomic E-state index is 12.3. The molecule has 0 aliphatic rings. The number of hydrogen-bond acceptors (Lipinski definition) is 6. The molecular formula is C19H18ClN5O2S2. The molecule has 2 aromatic carbocycles. The molecule has 3 aromatic rings. The Morgan fingerprint density at radius 2 is 1.93 bits per heavy atom. The van der Waals surface area contributed by atoms with Crippen LogP contribution in [0.3, 0.4) is 0 Å². The highest BCUT2D eigenvalue weighted by Crippen LogP contribution is 2.24. The Bertz CT molecular complexity index is 1010. The van der Waals surface area contributed by atoms with Gasteiger partial charge in [-0.1, -0.05) is 29.4 Å². The summed E-state index contributed by atoms with van der Waals surface area (Å²) in [5.74, 6) is 0.00919. The number of nitrogens with zero attached hydrogens (tertiary/aromatic N) is 4. The topological polar surface area (TPSA) is 80.1 Å². The van der Waals surface area contributed by atoms with Crippen molar-refractivity contribution >= 4 is 52.0 Å². The van der Waals surface area contributed by atoms with E-state index in [0.717, 1.165) is 22.3 Å². The van der Waals surface area contributed by atoms with Gasteiger partial charge in [0.25, 0.3) is 5.24 Å². The van der Waals surface area contributed by atoms with Gasteiger partial charge < -0.3 is 10.2 Å². The number of benzene rings is 2. The average molecular weight is 448 g/mol. The maximum atomic E-state index is 12.3. The number of aromatic nitrogens is 3. The second-order valence-electron chi connectivity index (χ2n) is 6.09. The SMILES string of the molecule is CN(C)C(=O)Sc1ccc(NC(=O)CSc2nncn2-c2cccc(Cl)c2)cc1. The van der Waals surface area contributed by atoms with Crippen LogP contribution in [0.5, 0.6) is 0 Å². The summed E-state index contributed by atoms with van der Waals surface area (Å²) >= 11 is 8.45. The fraction of sp³-hybridized carbons (Fsp3) is 0.158. The lowest BCUT2D eigenvalue weighted by molar-refractivity contribution is -0.113. The molecule has 29 heavy (non-hydrogen) atoms. The second-order valence-corrected chi connectivity index (χ2v) is 8.49. The summed E-state index contributed by atoms with van der Waals surface area (Å²) in [6.07, 6.45) is 1.58. The summed E-state index contributed by atoms with van der Waals surface area (Å²) in [6.45, 7) is 0. The van der Waals surface area contributed by atoms with Gasteiger partial charge >= 0.3 is 0 Å². The highest BCUT2D eigenvalue weighted by molar-refractivity contribution is 8.13. The van der Waals surface area contributed by atoms with Gasteiger partial charge in [0.2, 0.25) is 5.91 Å². The molecule has 150 valence electrons. The van der Waals surface area contributed by atoms with Crippen LogP contribution in [-0.2, 0) is 4.79 Å². The molecule has 0 saturated heterocycles. The van der Waals surface area contributed by atoms with Crippen molar-refractivity contribution in [3.63, 3.8) is 0 Å². The average Bonchev–Trinajstić information content (AvgIpc) is 3.16. The molecule has 0 radical (unpaired) electrons. The van der Waals surface area contributed by atoms with E-state index >= 15 is 0 Å². The molecule has 3 rings (SSSR count). The summed E-state index contributed by atoms with van der Waals surface area (Å²) in [6, 6.07) is 14.4. The van der Waals surface area contributed by atoms with E-state index in [1.165, 1.54) is 16.7 Å². The first kappa shape index (κ1) is 21.2. The number of nitrogens with one attached hydrogen (secondary N) is 1. The third kappa shape index (κ3) is 5.99. The van der Waals surface area contributed by atoms with Crippen molar-refractivity contribution in [3.8, 4) is 5.69 Å². The Kier molecular flexibility index (Phi) is 7.18. The van der Waals surface area contributed by atoms with Crippen LogP contribution in [-0.4, -0.2) is 50.7 Å². The molecule has 0 spiro atoms. The number of hydrogen-bond donors (Lipinski definition) is 1. The highest BCUT2D eigenvalue weighted by atomic mass is 35.5. The van der Waals surface area contributed by atoms with Crippen LogP contribution in [0, 0.1) is 0 Å². The molecule has 2 amide bonds. The van der Waals surface area contributed by atoms with Gasteiger partial charge in [-0.05, 0) is 54.2 Å². The number of halogens is 1. The van der Waals surface area contributed by atoms with E-state index in [2.05, 4.69) is 15.5 Å². The Labute approximate surface area is 181 Å². The van der Waals surface area contributed by atoms with E-state index in [9.17, 15) is 9.59 Å². The number of amides is 2. The van der Waals surface area contributed by atoms with Gasteiger partial charge in [0.05, 0.1) is 11.4 Å². The third-order valence-corrected chi connectivity index (χ3v) is 5.87. The van der Waals surface area contributed by atoms with Crippen molar-refractivity contribution in [2.45, 2.75) is 10.1 Å². The first-order valence-electron chi connectivity index (χ1n) is 8.50. The Balaban J connectivity index is 1.56. The molecule has 1 aromatic heterocycles. The van der Waals surface area contributed by atoms with E-state index in [0.29, 0.717) is 15.9 Å². The molecule has 0 saturated carbocycles. The molecule has 0 aliphatic heterocycles. The monoisotopic (exact) mass is 447 g/mol. The number of carbonyl (C=O) groups is 2. The quantitative estimate of drug-likeness (QED) is 0.563. The zero-order valence-corrected chi connectivity index (χ0v) is 18.1. The molecule has 0 aliphatic carbocycles. The summed E-state index contributed by atoms with van der Waals surface area (Å²) in [5.41, 5.74) is 1.49. The number of thioether (sulfide) groups is 2. The predicted octanol–water partition coefficient (Wildman–Crippen LogP) is 4.43. The molecule has 0 atom stereocenters. The molecular weight excluding hydrogens is 430 g/mol. The summed E-state index contributed by atoms with van der Waals surface area (Å²) in [7, 11) is 3.41. The van der Waals surface area contributed by atoms with Crippen LogP contribution in [0.25, 0.3) is 5.69 Å². The zero-order chi connectivity index (χ0) is 20.8. The van der Waals surface area contributed by atoms with Crippen LogP contribution in [0.2, 0.25) is 5.02 Å². The van der Waals surface area contributed by atoms with E-state index < -0.39 is 0 Å². The lowest BCUT2D eigenvalue weighted by atomic mass is 10.3. The summed E-state index contributed by atoms with van der Waals surface area (Å²) in [5, 5.41) is 12.0. The van der Waals surface area contributed by atoms with Crippen molar-refractivity contribution in [1.82, 2.24) is 19.7 Å². The van der Waals surface area contributed by atoms with Gasteiger partial charge in [0.15, 0.2) is 5.16 Å². The zero-order valence-electron chi connectivity index (χ0n) is 15.7. The van der Waals surface area contributed by atoms with Gasteiger partial charge in [-0.15, -0.1) is 10.2 Å². The lowest BCUT2D eigenvalue weighted by Gasteiger charge is -2.10. The van der Waals surface area contributed by atoms with Gasteiger partial charge in [0, 0.05) is 29.7 Å². The van der Waals surface area contributed by atoms with Crippen molar-refractivity contribution in [3.05, 3.63) is 59.9 Å². The minimum atomic E-state index is -0.166. The molecule has 0 unspecified atom stereocenters. The first-order valence-corrected chi connectivity index (χ1v) is 10.7. The minimum Gasteiger partial charge on any atom is -0.339 e. The molecule has 10 heteroatoms. The van der Waals surface area contributed by atoms with Gasteiger partial charge in [-0.2, -0.15) is 0 Å². The van der Waals surface area contributed by atoms with E-state index in [-0.39, 0.29) is 16.9 Å². The third-order valence-electron chi connectivity index (χ3n) is 3.64. The second kappa shape index (κ2) is 9.82. The molecule has 0 bridgehead atoms. The van der Waals surface area contributed by atoms with Gasteiger partial charge in [0.1, 0.15) is 6.33 Å². The van der Waals surface area contributed by atoms with Gasteiger partial charge in [-0.25, -0.2) is 0 Å². The Morgan fingerprint density at radius 3 is 2.62 bits per heavy atom. The van der Waals surface area contributed by atoms with Crippen molar-refractivity contribution in [2.24, 2.45) is 0 Å². The fourth-order valence-corrected chi connectivity index (χ4v) is 3.82. The Hall–Kier alpha value is -2.49. The minimum absolute atomic E-state index is 0.0537. The van der Waals surface area contributed by atoms with Crippen molar-refractivity contribution in [2.75, 3.05) is 25.2 Å². The van der Waals surface area contributed by atoms with E-state index in [1.54, 1.807) is 61.4 Å². The van der Waals surface area contributed by atoms with Crippen LogP contribution in [0.4, 0.5) is 10.5 Å². The van der Waals surface area contributed by atoms with Crippen LogP contribution in [0.15, 0.2) is 64.9 Å².